The highest BCUT2D eigenvalue weighted by atomic mass is 35.5. The molecule has 1 amide bonds. The molecule has 0 saturated carbocycles. The van der Waals surface area contributed by atoms with Crippen molar-refractivity contribution in [2.24, 2.45) is 0 Å². The highest BCUT2D eigenvalue weighted by Gasteiger charge is 2.18. The maximum Gasteiger partial charge on any atom is 0.337 e. The van der Waals surface area contributed by atoms with Crippen LogP contribution >= 0.6 is 11.6 Å². The monoisotopic (exact) mass is 307 g/mol. The Morgan fingerprint density at radius 2 is 2.14 bits per heavy atom. The maximum absolute atomic E-state index is 12.3. The van der Waals surface area contributed by atoms with E-state index in [9.17, 15) is 9.59 Å². The Balaban J connectivity index is 2.33. The lowest BCUT2D eigenvalue weighted by molar-refractivity contribution is 0.0698. The van der Waals surface area contributed by atoms with Gasteiger partial charge in [0.25, 0.3) is 5.91 Å². The number of carboxylic acid groups (broad SMARTS) is 1. The van der Waals surface area contributed by atoms with E-state index in [2.05, 4.69) is 10.3 Å². The number of carbonyl (C=O) groups excluding carboxylic acids is 1. The van der Waals surface area contributed by atoms with Gasteiger partial charge in [0.15, 0.2) is 0 Å². The molecule has 0 saturated heterocycles. The number of nitrogens with zero attached hydrogens (tertiary/aromatic N) is 2. The van der Waals surface area contributed by atoms with Crippen molar-refractivity contribution >= 4 is 29.2 Å². The molecule has 0 bridgehead atoms. The van der Waals surface area contributed by atoms with Gasteiger partial charge in [0, 0.05) is 18.4 Å². The minimum Gasteiger partial charge on any atom is -0.478 e. The van der Waals surface area contributed by atoms with Crippen LogP contribution in [-0.4, -0.2) is 26.5 Å². The van der Waals surface area contributed by atoms with Gasteiger partial charge in [-0.15, -0.1) is 0 Å². The van der Waals surface area contributed by atoms with Crippen molar-refractivity contribution in [3.63, 3.8) is 0 Å². The zero-order valence-corrected chi connectivity index (χ0v) is 12.3. The number of aromatic carboxylic acids is 1. The van der Waals surface area contributed by atoms with E-state index in [4.69, 9.17) is 16.7 Å². The van der Waals surface area contributed by atoms with Crippen molar-refractivity contribution in [3.8, 4) is 0 Å². The number of pyridine rings is 1. The van der Waals surface area contributed by atoms with Crippen LogP contribution in [0.2, 0.25) is 5.02 Å². The SMILES string of the molecule is CC(C)n1cc(Cl)cc1C(=O)Nc1cnccc1C(=O)O. The van der Waals surface area contributed by atoms with Crippen LogP contribution in [0.3, 0.4) is 0 Å². The fraction of sp³-hybridized carbons (Fsp3) is 0.214. The molecule has 6 nitrogen and oxygen atoms in total. The predicted octanol–water partition coefficient (Wildman–Crippen LogP) is 3.07. The first-order valence-corrected chi connectivity index (χ1v) is 6.64. The number of aromatic nitrogens is 2. The van der Waals surface area contributed by atoms with Crippen LogP contribution in [0.25, 0.3) is 0 Å². The summed E-state index contributed by atoms with van der Waals surface area (Å²) in [6, 6.07) is 2.91. The molecule has 2 N–H and O–H groups in total. The van der Waals surface area contributed by atoms with Crippen molar-refractivity contribution in [2.75, 3.05) is 5.32 Å². The zero-order valence-electron chi connectivity index (χ0n) is 11.5. The first kappa shape index (κ1) is 15.1. The number of carboxylic acids is 1. The highest BCUT2D eigenvalue weighted by molar-refractivity contribution is 6.31. The molecule has 2 heterocycles. The van der Waals surface area contributed by atoms with Gasteiger partial charge in [0.05, 0.1) is 22.5 Å². The number of rotatable bonds is 4. The fourth-order valence-electron chi connectivity index (χ4n) is 1.92. The first-order valence-electron chi connectivity index (χ1n) is 6.26. The third-order valence-electron chi connectivity index (χ3n) is 2.90. The Bertz CT molecular complexity index is 695. The summed E-state index contributed by atoms with van der Waals surface area (Å²) >= 11 is 5.93. The van der Waals surface area contributed by atoms with Gasteiger partial charge in [-0.1, -0.05) is 11.6 Å². The summed E-state index contributed by atoms with van der Waals surface area (Å²) in [5.41, 5.74) is 0.477. The number of hydrogen-bond donors (Lipinski definition) is 2. The number of hydrogen-bond acceptors (Lipinski definition) is 3. The van der Waals surface area contributed by atoms with E-state index in [1.165, 1.54) is 24.5 Å². The summed E-state index contributed by atoms with van der Waals surface area (Å²) in [7, 11) is 0. The molecule has 0 aromatic carbocycles. The van der Waals surface area contributed by atoms with Crippen LogP contribution < -0.4 is 5.32 Å². The van der Waals surface area contributed by atoms with E-state index in [1.807, 2.05) is 13.8 Å². The quantitative estimate of drug-likeness (QED) is 0.909. The van der Waals surface area contributed by atoms with Gasteiger partial charge in [-0.3, -0.25) is 9.78 Å². The van der Waals surface area contributed by atoms with Gasteiger partial charge in [-0.25, -0.2) is 4.79 Å². The average molecular weight is 308 g/mol. The Morgan fingerprint density at radius 3 is 2.76 bits per heavy atom. The standard InChI is InChI=1S/C14H14ClN3O3/c1-8(2)18-7-9(15)5-12(18)13(19)17-11-6-16-4-3-10(11)14(20)21/h3-8H,1-2H3,(H,17,19)(H,20,21). The van der Waals surface area contributed by atoms with Crippen molar-refractivity contribution in [1.82, 2.24) is 9.55 Å². The molecule has 2 rings (SSSR count). The Kier molecular flexibility index (Phi) is 4.28. The van der Waals surface area contributed by atoms with E-state index < -0.39 is 11.9 Å². The molecule has 0 radical (unpaired) electrons. The summed E-state index contributed by atoms with van der Waals surface area (Å²) in [4.78, 5) is 27.3. The number of carbonyl (C=O) groups is 2. The molecule has 110 valence electrons. The Labute approximate surface area is 126 Å². The van der Waals surface area contributed by atoms with E-state index >= 15 is 0 Å². The molecule has 2 aromatic rings. The molecular weight excluding hydrogens is 294 g/mol. The summed E-state index contributed by atoms with van der Waals surface area (Å²) in [5.74, 6) is -1.57. The van der Waals surface area contributed by atoms with Crippen LogP contribution in [0.5, 0.6) is 0 Å². The number of halogens is 1. The van der Waals surface area contributed by atoms with Crippen LogP contribution in [-0.2, 0) is 0 Å². The third-order valence-corrected chi connectivity index (χ3v) is 3.11. The van der Waals surface area contributed by atoms with E-state index in [0.29, 0.717) is 10.7 Å². The largest absolute Gasteiger partial charge is 0.478 e. The first-order chi connectivity index (χ1) is 9.90. The van der Waals surface area contributed by atoms with Crippen LogP contribution in [0.4, 0.5) is 5.69 Å². The van der Waals surface area contributed by atoms with Crippen LogP contribution in [0.1, 0.15) is 40.7 Å². The second kappa shape index (κ2) is 5.97. The van der Waals surface area contributed by atoms with Crippen molar-refractivity contribution < 1.29 is 14.7 Å². The lowest BCUT2D eigenvalue weighted by atomic mass is 10.2. The van der Waals surface area contributed by atoms with Gasteiger partial charge < -0.3 is 15.0 Å². The minimum atomic E-state index is -1.13. The van der Waals surface area contributed by atoms with Crippen LogP contribution in [0.15, 0.2) is 30.7 Å². The minimum absolute atomic E-state index is 0.0212. The molecule has 0 atom stereocenters. The number of nitrogens with one attached hydrogen (secondary N) is 1. The van der Waals surface area contributed by atoms with Gasteiger partial charge in [-0.05, 0) is 26.0 Å². The molecule has 21 heavy (non-hydrogen) atoms. The van der Waals surface area contributed by atoms with Crippen LogP contribution in [0, 0.1) is 0 Å². The summed E-state index contributed by atoms with van der Waals surface area (Å²) in [6.07, 6.45) is 4.31. The summed E-state index contributed by atoms with van der Waals surface area (Å²) in [5, 5.41) is 12.1. The molecule has 0 aliphatic rings. The maximum atomic E-state index is 12.3. The fourth-order valence-corrected chi connectivity index (χ4v) is 2.13. The number of anilines is 1. The highest BCUT2D eigenvalue weighted by Crippen LogP contribution is 2.21. The summed E-state index contributed by atoms with van der Waals surface area (Å²) in [6.45, 7) is 3.83. The third kappa shape index (κ3) is 3.22. The van der Waals surface area contributed by atoms with Crippen molar-refractivity contribution in [1.29, 1.82) is 0 Å². The van der Waals surface area contributed by atoms with Gasteiger partial charge in [-0.2, -0.15) is 0 Å². The second-order valence-corrected chi connectivity index (χ2v) is 5.16. The van der Waals surface area contributed by atoms with Crippen molar-refractivity contribution in [2.45, 2.75) is 19.9 Å². The van der Waals surface area contributed by atoms with E-state index in [-0.39, 0.29) is 17.3 Å². The smallest absolute Gasteiger partial charge is 0.337 e. The van der Waals surface area contributed by atoms with E-state index in [0.717, 1.165) is 0 Å². The summed E-state index contributed by atoms with van der Waals surface area (Å²) < 4.78 is 1.72. The van der Waals surface area contributed by atoms with Gasteiger partial charge >= 0.3 is 5.97 Å². The molecule has 0 aliphatic heterocycles. The second-order valence-electron chi connectivity index (χ2n) is 4.73. The van der Waals surface area contributed by atoms with Crippen molar-refractivity contribution in [3.05, 3.63) is 47.0 Å². The average Bonchev–Trinajstić information content (AvgIpc) is 2.81. The Morgan fingerprint density at radius 1 is 1.43 bits per heavy atom. The van der Waals surface area contributed by atoms with Gasteiger partial charge in [0.1, 0.15) is 5.69 Å². The lowest BCUT2D eigenvalue weighted by Gasteiger charge is -2.13. The molecule has 7 heteroatoms. The topological polar surface area (TPSA) is 84.2 Å². The molecule has 0 aliphatic carbocycles. The Hall–Kier alpha value is -2.34. The molecule has 0 spiro atoms. The molecule has 2 aromatic heterocycles. The lowest BCUT2D eigenvalue weighted by Crippen LogP contribution is -2.19. The predicted molar refractivity (Wildman–Crippen MR) is 79.0 cm³/mol. The molecule has 0 fully saturated rings. The number of amides is 1. The van der Waals surface area contributed by atoms with Gasteiger partial charge in [0.2, 0.25) is 0 Å². The molecule has 0 unspecified atom stereocenters. The zero-order chi connectivity index (χ0) is 15.6. The molecular formula is C14H14ClN3O3. The van der Waals surface area contributed by atoms with E-state index in [1.54, 1.807) is 10.8 Å². The normalized spacial score (nSPS) is 10.7.